The van der Waals surface area contributed by atoms with Crippen molar-refractivity contribution in [2.45, 2.75) is 6.54 Å². The Labute approximate surface area is 106 Å². The summed E-state index contributed by atoms with van der Waals surface area (Å²) in [5.74, 6) is 0. The molecule has 3 nitrogen and oxygen atoms in total. The van der Waals surface area contributed by atoms with Gasteiger partial charge in [0.25, 0.3) is 0 Å². The number of halogens is 2. The molecule has 90 valence electrons. The van der Waals surface area contributed by atoms with Crippen LogP contribution in [-0.4, -0.2) is 31.1 Å². The van der Waals surface area contributed by atoms with Gasteiger partial charge in [0, 0.05) is 42.8 Å². The summed E-state index contributed by atoms with van der Waals surface area (Å²) in [6, 6.07) is 5.53. The van der Waals surface area contributed by atoms with Gasteiger partial charge in [0.05, 0.1) is 0 Å². The first-order valence-corrected chi connectivity index (χ1v) is 5.99. The number of benzene rings is 1. The number of nitrogens with two attached hydrogens (primary N) is 2. The van der Waals surface area contributed by atoms with Gasteiger partial charge in [-0.1, -0.05) is 29.3 Å². The Kier molecular flexibility index (Phi) is 6.09. The van der Waals surface area contributed by atoms with Crippen molar-refractivity contribution in [2.75, 3.05) is 26.2 Å². The molecule has 0 aliphatic carbocycles. The van der Waals surface area contributed by atoms with Crippen molar-refractivity contribution >= 4 is 23.2 Å². The number of nitrogens with zero attached hydrogens (tertiary/aromatic N) is 1. The Morgan fingerprint density at radius 3 is 2.19 bits per heavy atom. The molecule has 0 radical (unpaired) electrons. The van der Waals surface area contributed by atoms with Gasteiger partial charge < -0.3 is 11.5 Å². The maximum Gasteiger partial charge on any atom is 0.0465 e. The molecular formula is C11H17Cl2N3. The standard InChI is InChI=1S/C11H17Cl2N3/c12-10-2-1-9(11(13)7-10)8-16(5-3-14)6-4-15/h1-2,7H,3-6,8,14-15H2. The van der Waals surface area contributed by atoms with E-state index in [9.17, 15) is 0 Å². The van der Waals surface area contributed by atoms with E-state index in [2.05, 4.69) is 4.90 Å². The molecule has 0 saturated heterocycles. The quantitative estimate of drug-likeness (QED) is 0.820. The number of hydrogen-bond acceptors (Lipinski definition) is 3. The van der Waals surface area contributed by atoms with E-state index in [1.54, 1.807) is 6.07 Å². The van der Waals surface area contributed by atoms with Gasteiger partial charge in [-0.25, -0.2) is 0 Å². The SMILES string of the molecule is NCCN(CCN)Cc1ccc(Cl)cc1Cl. The van der Waals surface area contributed by atoms with Crippen molar-refractivity contribution in [1.82, 2.24) is 4.90 Å². The minimum atomic E-state index is 0.616. The minimum Gasteiger partial charge on any atom is -0.329 e. The van der Waals surface area contributed by atoms with Crippen molar-refractivity contribution in [3.63, 3.8) is 0 Å². The Morgan fingerprint density at radius 1 is 1.06 bits per heavy atom. The zero-order chi connectivity index (χ0) is 12.0. The molecule has 5 heteroatoms. The van der Waals surface area contributed by atoms with Gasteiger partial charge in [-0.05, 0) is 17.7 Å². The second kappa shape index (κ2) is 7.09. The molecule has 0 spiro atoms. The zero-order valence-corrected chi connectivity index (χ0v) is 10.6. The van der Waals surface area contributed by atoms with E-state index in [0.29, 0.717) is 23.1 Å². The number of hydrogen-bond donors (Lipinski definition) is 2. The molecular weight excluding hydrogens is 245 g/mol. The van der Waals surface area contributed by atoms with Crippen LogP contribution in [0, 0.1) is 0 Å². The fraction of sp³-hybridized carbons (Fsp3) is 0.455. The maximum atomic E-state index is 6.10. The highest BCUT2D eigenvalue weighted by Crippen LogP contribution is 2.22. The van der Waals surface area contributed by atoms with Gasteiger partial charge in [-0.3, -0.25) is 4.90 Å². The molecule has 0 unspecified atom stereocenters. The molecule has 1 rings (SSSR count). The Bertz CT molecular complexity index is 325. The third-order valence-electron chi connectivity index (χ3n) is 2.30. The summed E-state index contributed by atoms with van der Waals surface area (Å²) in [6.07, 6.45) is 0. The van der Waals surface area contributed by atoms with Gasteiger partial charge in [0.2, 0.25) is 0 Å². The molecule has 0 fully saturated rings. The van der Waals surface area contributed by atoms with Gasteiger partial charge >= 0.3 is 0 Å². The molecule has 0 amide bonds. The maximum absolute atomic E-state index is 6.10. The molecule has 1 aromatic rings. The summed E-state index contributed by atoms with van der Waals surface area (Å²) in [7, 11) is 0. The van der Waals surface area contributed by atoms with Crippen LogP contribution in [0.15, 0.2) is 18.2 Å². The lowest BCUT2D eigenvalue weighted by Gasteiger charge is -2.21. The van der Waals surface area contributed by atoms with Crippen LogP contribution in [0.2, 0.25) is 10.0 Å². The lowest BCUT2D eigenvalue weighted by molar-refractivity contribution is 0.281. The van der Waals surface area contributed by atoms with Crippen molar-refractivity contribution in [1.29, 1.82) is 0 Å². The summed E-state index contributed by atoms with van der Waals surface area (Å²) in [6.45, 7) is 3.62. The predicted molar refractivity (Wildman–Crippen MR) is 69.8 cm³/mol. The van der Waals surface area contributed by atoms with Crippen LogP contribution in [0.3, 0.4) is 0 Å². The molecule has 0 aliphatic heterocycles. The molecule has 0 heterocycles. The summed E-state index contributed by atoms with van der Waals surface area (Å²) in [5, 5.41) is 1.34. The van der Waals surface area contributed by atoms with Gasteiger partial charge in [0.15, 0.2) is 0 Å². The minimum absolute atomic E-state index is 0.616. The first-order valence-electron chi connectivity index (χ1n) is 5.23. The third-order valence-corrected chi connectivity index (χ3v) is 2.89. The second-order valence-electron chi connectivity index (χ2n) is 3.59. The lowest BCUT2D eigenvalue weighted by atomic mass is 10.2. The van der Waals surface area contributed by atoms with Crippen LogP contribution in [0.5, 0.6) is 0 Å². The summed E-state index contributed by atoms with van der Waals surface area (Å²) >= 11 is 11.9. The van der Waals surface area contributed by atoms with Crippen LogP contribution in [0.4, 0.5) is 0 Å². The summed E-state index contributed by atoms with van der Waals surface area (Å²) in [4.78, 5) is 2.18. The highest BCUT2D eigenvalue weighted by Gasteiger charge is 2.07. The fourth-order valence-corrected chi connectivity index (χ4v) is 1.99. The Hall–Kier alpha value is -0.320. The van der Waals surface area contributed by atoms with E-state index in [-0.39, 0.29) is 0 Å². The highest BCUT2D eigenvalue weighted by atomic mass is 35.5. The van der Waals surface area contributed by atoms with E-state index in [4.69, 9.17) is 34.7 Å². The molecule has 0 saturated carbocycles. The Morgan fingerprint density at radius 2 is 1.69 bits per heavy atom. The first kappa shape index (κ1) is 13.7. The predicted octanol–water partition coefficient (Wildman–Crippen LogP) is 1.71. The summed E-state index contributed by atoms with van der Waals surface area (Å²) in [5.41, 5.74) is 12.1. The fourth-order valence-electron chi connectivity index (χ4n) is 1.53. The van der Waals surface area contributed by atoms with E-state index >= 15 is 0 Å². The lowest BCUT2D eigenvalue weighted by Crippen LogP contribution is -2.33. The van der Waals surface area contributed by atoms with Crippen LogP contribution >= 0.6 is 23.2 Å². The molecule has 0 atom stereocenters. The van der Waals surface area contributed by atoms with Crippen LogP contribution in [0.25, 0.3) is 0 Å². The first-order chi connectivity index (χ1) is 7.67. The average Bonchev–Trinajstić information content (AvgIpc) is 2.23. The molecule has 0 aromatic heterocycles. The monoisotopic (exact) mass is 261 g/mol. The van der Waals surface area contributed by atoms with Crippen LogP contribution in [0.1, 0.15) is 5.56 Å². The van der Waals surface area contributed by atoms with Crippen molar-refractivity contribution in [3.8, 4) is 0 Å². The molecule has 16 heavy (non-hydrogen) atoms. The molecule has 1 aromatic carbocycles. The van der Waals surface area contributed by atoms with Gasteiger partial charge in [0.1, 0.15) is 0 Å². The van der Waals surface area contributed by atoms with Crippen LogP contribution in [-0.2, 0) is 6.54 Å². The second-order valence-corrected chi connectivity index (χ2v) is 4.43. The van der Waals surface area contributed by atoms with Crippen LogP contribution < -0.4 is 11.5 Å². The normalized spacial score (nSPS) is 11.1. The van der Waals surface area contributed by atoms with Gasteiger partial charge in [-0.15, -0.1) is 0 Å². The van der Waals surface area contributed by atoms with Gasteiger partial charge in [-0.2, -0.15) is 0 Å². The highest BCUT2D eigenvalue weighted by molar-refractivity contribution is 6.35. The molecule has 4 N–H and O–H groups in total. The van der Waals surface area contributed by atoms with E-state index in [0.717, 1.165) is 25.2 Å². The molecule has 0 bridgehead atoms. The molecule has 0 aliphatic rings. The van der Waals surface area contributed by atoms with E-state index in [1.165, 1.54) is 0 Å². The topological polar surface area (TPSA) is 55.3 Å². The average molecular weight is 262 g/mol. The largest absolute Gasteiger partial charge is 0.329 e. The van der Waals surface area contributed by atoms with Crippen molar-refractivity contribution < 1.29 is 0 Å². The Balaban J connectivity index is 2.68. The zero-order valence-electron chi connectivity index (χ0n) is 9.13. The number of rotatable bonds is 6. The van der Waals surface area contributed by atoms with E-state index in [1.807, 2.05) is 12.1 Å². The van der Waals surface area contributed by atoms with Crippen molar-refractivity contribution in [3.05, 3.63) is 33.8 Å². The smallest absolute Gasteiger partial charge is 0.0465 e. The van der Waals surface area contributed by atoms with E-state index < -0.39 is 0 Å². The summed E-state index contributed by atoms with van der Waals surface area (Å²) < 4.78 is 0. The third kappa shape index (κ3) is 4.28. The van der Waals surface area contributed by atoms with Crippen molar-refractivity contribution in [2.24, 2.45) is 11.5 Å².